The molecule has 1 saturated heterocycles. The number of carbonyl (C=O) groups is 2. The number of carbonyl (C=O) groups excluding carboxylic acids is 2. The normalized spacial score (nSPS) is 17.8. The largest absolute Gasteiger partial charge is 0.492 e. The third-order valence-electron chi connectivity index (χ3n) is 4.66. The van der Waals surface area contributed by atoms with E-state index < -0.39 is 24.6 Å². The summed E-state index contributed by atoms with van der Waals surface area (Å²) in [7, 11) is 2.19. The van der Waals surface area contributed by atoms with Gasteiger partial charge in [-0.1, -0.05) is 19.8 Å². The number of fused-ring (bicyclic) bond motifs is 3. The van der Waals surface area contributed by atoms with Gasteiger partial charge in [-0.15, -0.1) is 17.8 Å². The van der Waals surface area contributed by atoms with E-state index in [0.29, 0.717) is 47.6 Å². The Bertz CT molecular complexity index is 979. The van der Waals surface area contributed by atoms with Gasteiger partial charge in [-0.25, -0.2) is 4.98 Å². The summed E-state index contributed by atoms with van der Waals surface area (Å²) in [4.78, 5) is 28.4. The smallest absolute Gasteiger partial charge is 0.277 e. The first-order valence-corrected chi connectivity index (χ1v) is 11.1. The van der Waals surface area contributed by atoms with E-state index in [9.17, 15) is 18.4 Å². The molecule has 0 spiro atoms. The van der Waals surface area contributed by atoms with Gasteiger partial charge >= 0.3 is 0 Å². The molecule has 2 aliphatic heterocycles. The number of rotatable bonds is 2. The molecule has 2 unspecified atom stereocenters. The molecule has 0 radical (unpaired) electrons. The molecule has 0 saturated carbocycles. The average molecular weight is 482 g/mol. The number of hydrogen-bond donors (Lipinski definition) is 2. The average Bonchev–Trinajstić information content (AvgIpc) is 3.38. The number of alkyl halides is 2. The number of halogens is 2. The zero-order valence-electron chi connectivity index (χ0n) is 19.1. The van der Waals surface area contributed by atoms with Gasteiger partial charge in [-0.3, -0.25) is 18.4 Å². The minimum Gasteiger partial charge on any atom is -0.492 e. The van der Waals surface area contributed by atoms with Crippen molar-refractivity contribution >= 4 is 23.2 Å². The molecular formula is C23H29F2N3O4S. The Morgan fingerprint density at radius 2 is 2.09 bits per heavy atom. The molecule has 33 heavy (non-hydrogen) atoms. The van der Waals surface area contributed by atoms with E-state index in [0.717, 1.165) is 11.3 Å². The Kier molecular flexibility index (Phi) is 11.5. The number of hydrogen-bond acceptors (Lipinski definition) is 6. The molecule has 2 amide bonds. The van der Waals surface area contributed by atoms with Crippen LogP contribution in [0.1, 0.15) is 46.4 Å². The van der Waals surface area contributed by atoms with Crippen molar-refractivity contribution in [1.82, 2.24) is 9.88 Å². The number of terminal acetylenes is 1. The molecule has 1 aromatic carbocycles. The van der Waals surface area contributed by atoms with Gasteiger partial charge in [0.15, 0.2) is 5.01 Å². The molecule has 7 nitrogen and oxygen atoms in total. The topological polar surface area (TPSA) is 106 Å². The molecule has 2 aliphatic rings. The molecule has 3 heterocycles. The van der Waals surface area contributed by atoms with Crippen LogP contribution in [0.2, 0.25) is 0 Å². The minimum absolute atomic E-state index is 0.148. The fourth-order valence-corrected chi connectivity index (χ4v) is 4.02. The highest BCUT2D eigenvalue weighted by atomic mass is 32.1. The highest BCUT2D eigenvalue weighted by molar-refractivity contribution is 7.14. The number of likely N-dealkylation sites (tertiary alicyclic amines) is 1. The first-order chi connectivity index (χ1) is 15.8. The van der Waals surface area contributed by atoms with Crippen LogP contribution in [-0.4, -0.2) is 67.0 Å². The second kappa shape index (κ2) is 13.5. The molecule has 180 valence electrons. The molecule has 0 aliphatic carbocycles. The maximum Gasteiger partial charge on any atom is 0.277 e. The molecule has 2 atom stereocenters. The van der Waals surface area contributed by atoms with Crippen LogP contribution in [-0.2, 0) is 4.79 Å². The number of likely N-dealkylation sites (N-methyl/N-ethyl adjacent to an activating group) is 1. The molecule has 2 aromatic rings. The SMILES string of the molecule is C#Cc1ccc2c(c1)-c1nc(C(N)=O)sc1C(CF)CO2.CC.CF.CN1CCC(O)C1=O. The number of amides is 2. The van der Waals surface area contributed by atoms with Gasteiger partial charge in [-0.05, 0) is 24.6 Å². The predicted octanol–water partition coefficient (Wildman–Crippen LogP) is 3.16. The predicted molar refractivity (Wildman–Crippen MR) is 125 cm³/mol. The summed E-state index contributed by atoms with van der Waals surface area (Å²) in [5.74, 6) is 1.88. The second-order valence-electron chi connectivity index (χ2n) is 6.68. The minimum atomic E-state index is -0.722. The van der Waals surface area contributed by atoms with Crippen LogP contribution in [0.3, 0.4) is 0 Å². The van der Waals surface area contributed by atoms with E-state index in [1.54, 1.807) is 25.2 Å². The number of ether oxygens (including phenoxy) is 1. The van der Waals surface area contributed by atoms with E-state index >= 15 is 0 Å². The van der Waals surface area contributed by atoms with Gasteiger partial charge in [0.05, 0.1) is 25.4 Å². The van der Waals surface area contributed by atoms with Gasteiger partial charge in [0, 0.05) is 29.6 Å². The number of benzene rings is 1. The van der Waals surface area contributed by atoms with Crippen LogP contribution in [0.15, 0.2) is 18.2 Å². The summed E-state index contributed by atoms with van der Waals surface area (Å²) in [6.45, 7) is 4.29. The second-order valence-corrected chi connectivity index (χ2v) is 7.71. The monoisotopic (exact) mass is 481 g/mol. The molecule has 4 rings (SSSR count). The summed E-state index contributed by atoms with van der Waals surface area (Å²) in [6, 6.07) is 5.23. The third kappa shape index (κ3) is 6.73. The maximum atomic E-state index is 13.3. The third-order valence-corrected chi connectivity index (χ3v) is 5.89. The summed E-state index contributed by atoms with van der Waals surface area (Å²) < 4.78 is 28.4. The van der Waals surface area contributed by atoms with Crippen LogP contribution in [0.5, 0.6) is 5.75 Å². The summed E-state index contributed by atoms with van der Waals surface area (Å²) in [5, 5.41) is 8.94. The molecule has 1 aromatic heterocycles. The Balaban J connectivity index is 0.000000380. The first-order valence-electron chi connectivity index (χ1n) is 10.3. The van der Waals surface area contributed by atoms with Crippen LogP contribution in [0.25, 0.3) is 11.3 Å². The summed E-state index contributed by atoms with van der Waals surface area (Å²) in [6.07, 6.45) is 5.28. The van der Waals surface area contributed by atoms with Crippen LogP contribution in [0, 0.1) is 12.3 Å². The fourth-order valence-electron chi connectivity index (χ4n) is 3.02. The van der Waals surface area contributed by atoms with Crippen molar-refractivity contribution in [3.8, 4) is 29.4 Å². The van der Waals surface area contributed by atoms with Crippen LogP contribution >= 0.6 is 11.3 Å². The lowest BCUT2D eigenvalue weighted by Gasteiger charge is -2.09. The molecule has 3 N–H and O–H groups in total. The zero-order valence-corrected chi connectivity index (χ0v) is 19.9. The van der Waals surface area contributed by atoms with Gasteiger partial charge in [-0.2, -0.15) is 0 Å². The standard InChI is InChI=1S/C15H11FN2O2S.C5H9NO2.C2H6.CH3F/c1-2-8-3-4-11-10(5-8)12-13(9(6-16)7-20-11)21-15(18-12)14(17)19;1-6-3-2-4(7)5(6)8;2*1-2/h1,3-5,9H,6-7H2,(H2,17,19);4,7H,2-3H2,1H3;1-2H3;1H3. The quantitative estimate of drug-likeness (QED) is 0.641. The Morgan fingerprint density at radius 1 is 1.42 bits per heavy atom. The number of nitrogens with zero attached hydrogens (tertiary/aromatic N) is 2. The number of aliphatic hydroxyl groups is 1. The van der Waals surface area contributed by atoms with E-state index in [4.69, 9.17) is 22.0 Å². The van der Waals surface area contributed by atoms with Gasteiger partial charge in [0.1, 0.15) is 18.5 Å². The van der Waals surface area contributed by atoms with Crippen LogP contribution < -0.4 is 10.5 Å². The zero-order chi connectivity index (χ0) is 25.1. The van der Waals surface area contributed by atoms with E-state index in [-0.39, 0.29) is 17.5 Å². The highest BCUT2D eigenvalue weighted by Gasteiger charge is 2.29. The van der Waals surface area contributed by atoms with E-state index in [1.165, 1.54) is 4.90 Å². The van der Waals surface area contributed by atoms with Crippen molar-refractivity contribution in [1.29, 1.82) is 0 Å². The maximum absolute atomic E-state index is 13.3. The number of thiazole rings is 1. The lowest BCUT2D eigenvalue weighted by molar-refractivity contribution is -0.133. The van der Waals surface area contributed by atoms with Crippen molar-refractivity contribution in [2.45, 2.75) is 32.3 Å². The van der Waals surface area contributed by atoms with Crippen molar-refractivity contribution in [3.63, 3.8) is 0 Å². The lowest BCUT2D eigenvalue weighted by atomic mass is 10.0. The van der Waals surface area contributed by atoms with Crippen molar-refractivity contribution in [2.75, 3.05) is 34.1 Å². The van der Waals surface area contributed by atoms with Gasteiger partial charge in [0.25, 0.3) is 11.8 Å². The van der Waals surface area contributed by atoms with Crippen molar-refractivity contribution in [2.24, 2.45) is 5.73 Å². The Morgan fingerprint density at radius 3 is 2.55 bits per heavy atom. The van der Waals surface area contributed by atoms with Crippen molar-refractivity contribution in [3.05, 3.63) is 33.6 Å². The van der Waals surface area contributed by atoms with Crippen LogP contribution in [0.4, 0.5) is 8.78 Å². The van der Waals surface area contributed by atoms with E-state index in [1.807, 2.05) is 13.8 Å². The number of primary amides is 1. The molecule has 10 heteroatoms. The molecule has 0 bridgehead atoms. The van der Waals surface area contributed by atoms with Gasteiger partial charge in [0.2, 0.25) is 0 Å². The molecular weight excluding hydrogens is 452 g/mol. The first kappa shape index (κ1) is 28.0. The Labute approximate surface area is 196 Å². The highest BCUT2D eigenvalue weighted by Crippen LogP contribution is 2.42. The molecule has 1 fully saturated rings. The van der Waals surface area contributed by atoms with E-state index in [2.05, 4.69) is 10.9 Å². The van der Waals surface area contributed by atoms with Crippen molar-refractivity contribution < 1.29 is 28.2 Å². The Hall–Kier alpha value is -3.03. The lowest BCUT2D eigenvalue weighted by Crippen LogP contribution is -2.24. The number of nitrogens with two attached hydrogens (primary N) is 1. The van der Waals surface area contributed by atoms with Gasteiger partial charge < -0.3 is 20.5 Å². The summed E-state index contributed by atoms with van der Waals surface area (Å²) in [5.41, 5.74) is 7.14. The number of aliphatic hydroxyl groups excluding tert-OH is 1. The summed E-state index contributed by atoms with van der Waals surface area (Å²) >= 11 is 1.11. The fraction of sp³-hybridized carbons (Fsp3) is 0.435. The number of aromatic nitrogens is 1.